The molecule has 220 valence electrons. The zero-order chi connectivity index (χ0) is 29.0. The van der Waals surface area contributed by atoms with E-state index in [1.165, 1.54) is 63.4 Å². The fraction of sp³-hybridized carbons (Fsp3) is 0.633. The fourth-order valence-corrected chi connectivity index (χ4v) is 4.78. The van der Waals surface area contributed by atoms with Gasteiger partial charge in [-0.15, -0.1) is 4.99 Å². The van der Waals surface area contributed by atoms with Crippen molar-refractivity contribution in [2.45, 2.75) is 110 Å². The van der Waals surface area contributed by atoms with Crippen LogP contribution < -0.4 is 5.32 Å². The zero-order valence-corrected chi connectivity index (χ0v) is 24.4. The minimum absolute atomic E-state index is 0.0773. The molecule has 2 heterocycles. The Labute approximate surface area is 237 Å². The molecule has 0 radical (unpaired) electrons. The lowest BCUT2D eigenvalue weighted by molar-refractivity contribution is 0.0601. The molecular weight excluding hydrogens is 510 g/mol. The Hall–Kier alpha value is -3.43. The molecule has 2 amide bonds. The van der Waals surface area contributed by atoms with Gasteiger partial charge in [-0.25, -0.2) is 9.59 Å². The molecule has 1 aromatic carbocycles. The summed E-state index contributed by atoms with van der Waals surface area (Å²) < 4.78 is 10.8. The number of benzene rings is 1. The van der Waals surface area contributed by atoms with Gasteiger partial charge in [-0.1, -0.05) is 87.7 Å². The third-order valence-corrected chi connectivity index (χ3v) is 6.87. The van der Waals surface area contributed by atoms with Crippen LogP contribution in [0.25, 0.3) is 11.4 Å². The average Bonchev–Trinajstić information content (AvgIpc) is 3.57. The van der Waals surface area contributed by atoms with E-state index in [0.717, 1.165) is 12.0 Å². The summed E-state index contributed by atoms with van der Waals surface area (Å²) in [6.07, 6.45) is 11.4. The summed E-state index contributed by atoms with van der Waals surface area (Å²) in [5.41, 5.74) is 1.46. The minimum Gasteiger partial charge on any atom is -0.465 e. The van der Waals surface area contributed by atoms with E-state index in [-0.39, 0.29) is 11.9 Å². The van der Waals surface area contributed by atoms with Gasteiger partial charge in [0.1, 0.15) is 5.60 Å². The van der Waals surface area contributed by atoms with Crippen LogP contribution in [0.2, 0.25) is 0 Å². The number of unbranched alkanes of at least 4 members (excludes halogenated alkanes) is 8. The predicted molar refractivity (Wildman–Crippen MR) is 154 cm³/mol. The third kappa shape index (κ3) is 10.6. The summed E-state index contributed by atoms with van der Waals surface area (Å²) in [5.74, 6) is 0.802. The van der Waals surface area contributed by atoms with Gasteiger partial charge in [0.05, 0.1) is 5.92 Å². The van der Waals surface area contributed by atoms with Crippen molar-refractivity contribution in [3.8, 4) is 11.4 Å². The lowest BCUT2D eigenvalue weighted by Gasteiger charge is -2.21. The maximum Gasteiger partial charge on any atom is 0.437 e. The molecule has 1 saturated heterocycles. The van der Waals surface area contributed by atoms with Crippen molar-refractivity contribution >= 4 is 18.1 Å². The number of ether oxygens (including phenoxy) is 1. The van der Waals surface area contributed by atoms with Crippen molar-refractivity contribution in [1.82, 2.24) is 20.4 Å². The average molecular weight is 556 g/mol. The van der Waals surface area contributed by atoms with E-state index >= 15 is 0 Å². The summed E-state index contributed by atoms with van der Waals surface area (Å²) in [4.78, 5) is 33.6. The molecule has 40 heavy (non-hydrogen) atoms. The molecule has 1 unspecified atom stereocenters. The van der Waals surface area contributed by atoms with E-state index in [2.05, 4.69) is 39.5 Å². The topological polar surface area (TPSA) is 130 Å². The van der Waals surface area contributed by atoms with Gasteiger partial charge in [0.25, 0.3) is 0 Å². The number of rotatable bonds is 12. The Bertz CT molecular complexity index is 1110. The van der Waals surface area contributed by atoms with Crippen LogP contribution in [0.3, 0.4) is 0 Å². The monoisotopic (exact) mass is 555 g/mol. The number of amides is 2. The number of guanidine groups is 1. The van der Waals surface area contributed by atoms with Crippen LogP contribution in [0.5, 0.6) is 0 Å². The Morgan fingerprint density at radius 1 is 1.07 bits per heavy atom. The molecule has 2 N–H and O–H groups in total. The molecule has 0 aliphatic carbocycles. The number of nitrogens with zero attached hydrogens (tertiary/aromatic N) is 4. The molecule has 0 saturated carbocycles. The molecule has 10 nitrogen and oxygen atoms in total. The number of hydrogen-bond donors (Lipinski definition) is 2. The first-order valence-corrected chi connectivity index (χ1v) is 14.6. The first-order chi connectivity index (χ1) is 19.1. The van der Waals surface area contributed by atoms with Crippen molar-refractivity contribution in [3.63, 3.8) is 0 Å². The van der Waals surface area contributed by atoms with Gasteiger partial charge in [0.2, 0.25) is 17.7 Å². The molecule has 1 aliphatic heterocycles. The van der Waals surface area contributed by atoms with Gasteiger partial charge in [0, 0.05) is 18.7 Å². The lowest BCUT2D eigenvalue weighted by Crippen LogP contribution is -2.43. The largest absolute Gasteiger partial charge is 0.465 e. The smallest absolute Gasteiger partial charge is 0.437 e. The van der Waals surface area contributed by atoms with Crippen molar-refractivity contribution in [2.24, 2.45) is 4.99 Å². The van der Waals surface area contributed by atoms with Gasteiger partial charge in [0.15, 0.2) is 0 Å². The van der Waals surface area contributed by atoms with E-state index in [1.54, 1.807) is 25.7 Å². The lowest BCUT2D eigenvalue weighted by atomic mass is 10.0. The van der Waals surface area contributed by atoms with Crippen LogP contribution in [0.15, 0.2) is 33.8 Å². The first kappa shape index (κ1) is 31.1. The van der Waals surface area contributed by atoms with Crippen LogP contribution >= 0.6 is 0 Å². The summed E-state index contributed by atoms with van der Waals surface area (Å²) in [7, 11) is 0. The zero-order valence-electron chi connectivity index (χ0n) is 24.4. The predicted octanol–water partition coefficient (Wildman–Crippen LogP) is 7.16. The summed E-state index contributed by atoms with van der Waals surface area (Å²) in [6, 6.07) is 8.32. The molecule has 10 heteroatoms. The minimum atomic E-state index is -1.31. The summed E-state index contributed by atoms with van der Waals surface area (Å²) in [5, 5.41) is 15.6. The van der Waals surface area contributed by atoms with Crippen LogP contribution in [-0.4, -0.2) is 57.0 Å². The highest BCUT2D eigenvalue weighted by Crippen LogP contribution is 2.28. The second kappa shape index (κ2) is 15.4. The van der Waals surface area contributed by atoms with E-state index in [4.69, 9.17) is 9.26 Å². The van der Waals surface area contributed by atoms with E-state index < -0.39 is 17.8 Å². The second-order valence-corrected chi connectivity index (χ2v) is 11.5. The van der Waals surface area contributed by atoms with E-state index in [0.29, 0.717) is 31.2 Å². The second-order valence-electron chi connectivity index (χ2n) is 11.5. The summed E-state index contributed by atoms with van der Waals surface area (Å²) >= 11 is 0. The van der Waals surface area contributed by atoms with Crippen LogP contribution in [-0.2, 0) is 11.2 Å². The molecule has 1 aromatic heterocycles. The number of carbonyl (C=O) groups is 2. The molecule has 1 fully saturated rings. The van der Waals surface area contributed by atoms with Crippen molar-refractivity contribution in [2.75, 3.05) is 13.1 Å². The van der Waals surface area contributed by atoms with E-state index in [9.17, 15) is 14.7 Å². The molecule has 3 rings (SSSR count). The number of aliphatic imine (C=N–C) groups is 1. The van der Waals surface area contributed by atoms with Crippen molar-refractivity contribution in [1.29, 1.82) is 0 Å². The van der Waals surface area contributed by atoms with Gasteiger partial charge in [-0.2, -0.15) is 4.98 Å². The quantitative estimate of drug-likeness (QED) is 0.160. The van der Waals surface area contributed by atoms with Crippen LogP contribution in [0.4, 0.5) is 9.59 Å². The van der Waals surface area contributed by atoms with Crippen LogP contribution in [0, 0.1) is 0 Å². The molecule has 0 spiro atoms. The number of hydrogen-bond acceptors (Lipinski definition) is 6. The standard InChI is InChI=1S/C30H45N5O5/c1-5-6-7-8-9-10-11-12-13-14-22-15-17-23(18-16-22)25-31-26(40-34-25)24-19-20-35(21-24)27(32-28(36)37)33-29(38)39-30(2,3)4/h15-18,24H,5-14,19-21H2,1-4H3,(H,36,37)(H,32,33,38). The molecule has 0 bridgehead atoms. The Morgan fingerprint density at radius 2 is 1.73 bits per heavy atom. The normalized spacial score (nSPS) is 15.8. The maximum atomic E-state index is 12.2. The SMILES string of the molecule is CCCCCCCCCCCc1ccc(-c2noc(C3CCN(C(=NC(=O)OC(C)(C)C)NC(=O)O)C3)n2)cc1. The number of nitrogens with one attached hydrogen (secondary N) is 1. The Kier molecular flexibility index (Phi) is 12.0. The van der Waals surface area contributed by atoms with Crippen molar-refractivity contribution < 1.29 is 24.0 Å². The van der Waals surface area contributed by atoms with Gasteiger partial charge >= 0.3 is 12.2 Å². The number of carbonyl (C=O) groups excluding carboxylic acids is 1. The molecular formula is C30H45N5O5. The van der Waals surface area contributed by atoms with Gasteiger partial charge in [-0.05, 0) is 45.6 Å². The molecule has 1 atom stereocenters. The number of aryl methyl sites for hydroxylation is 1. The van der Waals surface area contributed by atoms with Crippen LogP contribution in [0.1, 0.15) is 109 Å². The highest BCUT2D eigenvalue weighted by atomic mass is 16.6. The number of aromatic nitrogens is 2. The first-order valence-electron chi connectivity index (χ1n) is 14.6. The highest BCUT2D eigenvalue weighted by Gasteiger charge is 2.32. The van der Waals surface area contributed by atoms with E-state index in [1.807, 2.05) is 12.1 Å². The Balaban J connectivity index is 1.49. The Morgan fingerprint density at radius 3 is 2.35 bits per heavy atom. The highest BCUT2D eigenvalue weighted by molar-refractivity contribution is 5.98. The summed E-state index contributed by atoms with van der Waals surface area (Å²) in [6.45, 7) is 8.25. The van der Waals surface area contributed by atoms with Crippen molar-refractivity contribution in [3.05, 3.63) is 35.7 Å². The third-order valence-electron chi connectivity index (χ3n) is 6.87. The fourth-order valence-electron chi connectivity index (χ4n) is 4.78. The molecule has 1 aliphatic rings. The number of likely N-dealkylation sites (tertiary alicyclic amines) is 1. The van der Waals surface area contributed by atoms with Gasteiger partial charge < -0.3 is 19.3 Å². The van der Waals surface area contributed by atoms with Gasteiger partial charge in [-0.3, -0.25) is 5.32 Å². The maximum absolute atomic E-state index is 12.2. The number of carboxylic acid groups (broad SMARTS) is 1. The molecule has 2 aromatic rings.